The number of benzene rings is 4. The molecule has 4 aromatic rings. The van der Waals surface area contributed by atoms with Gasteiger partial charge in [0.1, 0.15) is 0 Å². The van der Waals surface area contributed by atoms with Crippen molar-refractivity contribution in [1.29, 1.82) is 0 Å². The summed E-state index contributed by atoms with van der Waals surface area (Å²) in [5, 5.41) is 4.27. The third-order valence-corrected chi connectivity index (χ3v) is 11.6. The Balaban J connectivity index is 1.83. The summed E-state index contributed by atoms with van der Waals surface area (Å²) in [6.07, 6.45) is 0. The maximum atomic E-state index is 6.83. The molecule has 0 saturated carbocycles. The third kappa shape index (κ3) is 6.03. The van der Waals surface area contributed by atoms with Crippen molar-refractivity contribution in [3.05, 3.63) is 120 Å². The molecule has 0 N–H and O–H groups in total. The van der Waals surface area contributed by atoms with Gasteiger partial charge in [-0.2, -0.15) is 0 Å². The first-order valence-electron chi connectivity index (χ1n) is 12.3. The number of hydrogen-bond donors (Lipinski definition) is 0. The van der Waals surface area contributed by atoms with Crippen LogP contribution in [0.15, 0.2) is 103 Å². The Morgan fingerprint density at radius 2 is 1.14 bits per heavy atom. The van der Waals surface area contributed by atoms with Crippen LogP contribution in [0.25, 0.3) is 0 Å². The molecule has 1 nitrogen and oxygen atoms in total. The second-order valence-electron chi connectivity index (χ2n) is 9.53. The van der Waals surface area contributed by atoms with E-state index in [1.807, 2.05) is 0 Å². The summed E-state index contributed by atoms with van der Waals surface area (Å²) in [7, 11) is 5.68. The Morgan fingerprint density at radius 1 is 0.657 bits per heavy atom. The molecule has 0 spiro atoms. The molecule has 0 fully saturated rings. The molecule has 4 aromatic carbocycles. The molecule has 0 aliphatic rings. The van der Waals surface area contributed by atoms with Crippen LogP contribution in [-0.2, 0) is 6.54 Å². The van der Waals surface area contributed by atoms with Crippen molar-refractivity contribution in [2.75, 3.05) is 3.86 Å². The quantitative estimate of drug-likeness (QED) is 0.155. The number of para-hydroxylation sites is 1. The number of rotatable bonds is 9. The zero-order valence-corrected chi connectivity index (χ0v) is 24.9. The Kier molecular flexibility index (Phi) is 9.12. The number of hydrogen-bond acceptors (Lipinski definition) is 1. The second-order valence-corrected chi connectivity index (χ2v) is 14.3. The fourth-order valence-electron chi connectivity index (χ4n) is 4.73. The Morgan fingerprint density at radius 3 is 1.63 bits per heavy atom. The van der Waals surface area contributed by atoms with Crippen LogP contribution in [-0.4, -0.2) is 14.7 Å². The third-order valence-electron chi connectivity index (χ3n) is 6.45. The summed E-state index contributed by atoms with van der Waals surface area (Å²) in [5.41, 5.74) is 5.53. The van der Waals surface area contributed by atoms with Crippen LogP contribution < -0.4 is 19.8 Å². The van der Waals surface area contributed by atoms with Crippen molar-refractivity contribution in [2.24, 2.45) is 0 Å². The molecule has 178 valence electrons. The van der Waals surface area contributed by atoms with Crippen LogP contribution in [0.4, 0.5) is 5.69 Å². The molecule has 2 radical (unpaired) electrons. The summed E-state index contributed by atoms with van der Waals surface area (Å²) >= 11 is -0.828. The van der Waals surface area contributed by atoms with Crippen LogP contribution in [0.3, 0.4) is 0 Å². The number of halogens is 1. The standard InChI is InChI=1S/C31H33ClGeNP/c1-23(2)28-19-13-20-29(24(3)4)31(28)34(33-32)22-25-14-11-12-21-30(25)35(26-15-7-5-8-16-26)27-17-9-6-10-18-27/h5-21,23-24H,22H2,1-4H3/p+1. The van der Waals surface area contributed by atoms with E-state index in [-0.39, 0.29) is 0 Å². The van der Waals surface area contributed by atoms with Gasteiger partial charge in [0.25, 0.3) is 0 Å². The van der Waals surface area contributed by atoms with Crippen molar-refractivity contribution < 1.29 is 0 Å². The van der Waals surface area contributed by atoms with Gasteiger partial charge in [-0.25, -0.2) is 0 Å². The predicted molar refractivity (Wildman–Crippen MR) is 159 cm³/mol. The van der Waals surface area contributed by atoms with Crippen LogP contribution in [0, 0.1) is 0 Å². The van der Waals surface area contributed by atoms with Gasteiger partial charge in [-0.3, -0.25) is 0 Å². The maximum absolute atomic E-state index is 6.83. The molecule has 0 aromatic heterocycles. The molecule has 4 heteroatoms. The summed E-state index contributed by atoms with van der Waals surface area (Å²) < 4.78 is 2.50. The number of anilines is 1. The minimum atomic E-state index is -1.15. The Bertz CT molecular complexity index is 1160. The van der Waals surface area contributed by atoms with Crippen molar-refractivity contribution in [2.45, 2.75) is 46.1 Å². The summed E-state index contributed by atoms with van der Waals surface area (Å²) in [5.74, 6) is 0.897. The molecule has 0 bridgehead atoms. The molecular formula is C31H34ClGeNP+. The van der Waals surface area contributed by atoms with Crippen molar-refractivity contribution >= 4 is 54.3 Å². The number of nitrogens with zero attached hydrogens (tertiary/aromatic N) is 1. The van der Waals surface area contributed by atoms with Crippen molar-refractivity contribution in [3.8, 4) is 0 Å². The molecule has 0 unspecified atom stereocenters. The van der Waals surface area contributed by atoms with E-state index in [2.05, 4.69) is 135 Å². The van der Waals surface area contributed by atoms with Crippen molar-refractivity contribution in [3.63, 3.8) is 0 Å². The Labute approximate surface area is 223 Å². The molecule has 35 heavy (non-hydrogen) atoms. The average Bonchev–Trinajstić information content (AvgIpc) is 2.89. The zero-order chi connectivity index (χ0) is 24.8. The van der Waals surface area contributed by atoms with Gasteiger partial charge >= 0.3 is 224 Å². The van der Waals surface area contributed by atoms with E-state index in [1.54, 1.807) is 0 Å². The van der Waals surface area contributed by atoms with Gasteiger partial charge in [0, 0.05) is 0 Å². The van der Waals surface area contributed by atoms with Crippen LogP contribution >= 0.6 is 17.9 Å². The molecule has 0 aliphatic heterocycles. The normalized spacial score (nSPS) is 11.4. The molecule has 0 saturated heterocycles. The van der Waals surface area contributed by atoms with E-state index >= 15 is 0 Å². The van der Waals surface area contributed by atoms with Gasteiger partial charge in [0.05, 0.1) is 0 Å². The van der Waals surface area contributed by atoms with Gasteiger partial charge < -0.3 is 0 Å². The van der Waals surface area contributed by atoms with Gasteiger partial charge in [-0.1, -0.05) is 0 Å². The van der Waals surface area contributed by atoms with E-state index in [0.29, 0.717) is 11.8 Å². The van der Waals surface area contributed by atoms with E-state index in [0.717, 1.165) is 6.54 Å². The van der Waals surface area contributed by atoms with Gasteiger partial charge in [-0.05, 0) is 0 Å². The summed E-state index contributed by atoms with van der Waals surface area (Å²) in [4.78, 5) is 0. The molecule has 0 atom stereocenters. The second kappa shape index (κ2) is 12.3. The first-order chi connectivity index (χ1) is 17.0. The molecule has 0 heterocycles. The molecule has 4 rings (SSSR count). The molecule has 0 amide bonds. The summed E-state index contributed by atoms with van der Waals surface area (Å²) in [6.45, 7) is 9.99. The molecule has 0 aliphatic carbocycles. The Hall–Kier alpha value is -2.06. The van der Waals surface area contributed by atoms with E-state index in [1.165, 1.54) is 38.3 Å². The van der Waals surface area contributed by atoms with Gasteiger partial charge in [-0.15, -0.1) is 0 Å². The van der Waals surface area contributed by atoms with Crippen LogP contribution in [0.1, 0.15) is 56.2 Å². The average molecular weight is 560 g/mol. The topological polar surface area (TPSA) is 3.24 Å². The minimum absolute atomic E-state index is 0.449. The van der Waals surface area contributed by atoms with E-state index in [9.17, 15) is 0 Å². The monoisotopic (exact) mass is 560 g/mol. The van der Waals surface area contributed by atoms with E-state index in [4.69, 9.17) is 10.0 Å². The first kappa shape index (κ1) is 26.0. The fraction of sp³-hybridized carbons (Fsp3) is 0.226. The summed E-state index contributed by atoms with van der Waals surface area (Å²) in [6, 6.07) is 37.8. The van der Waals surface area contributed by atoms with E-state index < -0.39 is 22.6 Å². The zero-order valence-electron chi connectivity index (χ0n) is 21.0. The van der Waals surface area contributed by atoms with Gasteiger partial charge in [0.2, 0.25) is 0 Å². The van der Waals surface area contributed by atoms with Crippen LogP contribution in [0.2, 0.25) is 0 Å². The van der Waals surface area contributed by atoms with Crippen LogP contribution in [0.5, 0.6) is 0 Å². The molecular weight excluding hydrogens is 525 g/mol. The van der Waals surface area contributed by atoms with Gasteiger partial charge in [0.15, 0.2) is 0 Å². The first-order valence-corrected chi connectivity index (χ1v) is 17.5. The predicted octanol–water partition coefficient (Wildman–Crippen LogP) is 7.20. The fourth-order valence-corrected chi connectivity index (χ4v) is 9.44. The van der Waals surface area contributed by atoms with Crippen molar-refractivity contribution in [1.82, 2.24) is 0 Å². The SMILES string of the molecule is CC(C)c1cccc(C(C)C)c1[N](Cc1ccccc1[PH+](c1ccccc1)c1ccccc1)[Ge][Cl].